The molecule has 0 aliphatic carbocycles. The molecule has 0 amide bonds. The van der Waals surface area contributed by atoms with Gasteiger partial charge in [-0.15, -0.1) is 0 Å². The van der Waals surface area contributed by atoms with Crippen molar-refractivity contribution in [3.63, 3.8) is 0 Å². The van der Waals surface area contributed by atoms with Crippen molar-refractivity contribution in [2.24, 2.45) is 10.8 Å². The Hall–Kier alpha value is -1.59. The highest BCUT2D eigenvalue weighted by molar-refractivity contribution is 5.93. The van der Waals surface area contributed by atoms with Gasteiger partial charge < -0.3 is 10.2 Å². The van der Waals surface area contributed by atoms with Gasteiger partial charge in [0.25, 0.3) is 0 Å². The lowest BCUT2D eigenvalue weighted by molar-refractivity contribution is 0.269. The molecule has 0 heterocycles. The summed E-state index contributed by atoms with van der Waals surface area (Å²) in [5.74, 6) is 6.08. The number of aliphatic imine (C=N–C) groups is 1. The van der Waals surface area contributed by atoms with Crippen molar-refractivity contribution in [2.45, 2.75) is 32.7 Å². The third kappa shape index (κ3) is 6.54. The number of hydrogen-bond acceptors (Lipinski definition) is 3. The molecule has 0 unspecified atom stereocenters. The first-order valence-corrected chi connectivity index (χ1v) is 7.17. The number of nitrogens with two attached hydrogens (primary N) is 1. The second kappa shape index (κ2) is 9.34. The molecule has 0 radical (unpaired) electrons. The summed E-state index contributed by atoms with van der Waals surface area (Å²) >= 11 is 0. The quantitative estimate of drug-likeness (QED) is 0.235. The van der Waals surface area contributed by atoms with Crippen LogP contribution in [0, 0.1) is 0 Å². The van der Waals surface area contributed by atoms with Crippen LogP contribution in [-0.2, 0) is 0 Å². The molecule has 0 aliphatic rings. The molecule has 0 bridgehead atoms. The monoisotopic (exact) mass is 277 g/mol. The highest BCUT2D eigenvalue weighted by Crippen LogP contribution is 2.04. The van der Waals surface area contributed by atoms with Gasteiger partial charge in [0, 0.05) is 18.3 Å². The van der Waals surface area contributed by atoms with Crippen LogP contribution in [-0.4, -0.2) is 37.0 Å². The number of hydrazine groups is 1. The fourth-order valence-electron chi connectivity index (χ4n) is 1.70. The number of para-hydroxylation sites is 1. The van der Waals surface area contributed by atoms with Gasteiger partial charge in [0.05, 0.1) is 0 Å². The van der Waals surface area contributed by atoms with Crippen molar-refractivity contribution < 1.29 is 0 Å². The van der Waals surface area contributed by atoms with Crippen molar-refractivity contribution >= 4 is 11.6 Å². The van der Waals surface area contributed by atoms with Crippen LogP contribution in [0.25, 0.3) is 0 Å². The van der Waals surface area contributed by atoms with Crippen molar-refractivity contribution in [3.05, 3.63) is 30.3 Å². The Morgan fingerprint density at radius 2 is 1.95 bits per heavy atom. The fraction of sp³-hybridized carbons (Fsp3) is 0.533. The van der Waals surface area contributed by atoms with Gasteiger partial charge in [-0.05, 0) is 52.4 Å². The summed E-state index contributed by atoms with van der Waals surface area (Å²) in [5, 5.41) is 3.15. The summed E-state index contributed by atoms with van der Waals surface area (Å²) in [6.45, 7) is 6.28. The Bertz CT molecular complexity index is 389. The van der Waals surface area contributed by atoms with E-state index in [0.29, 0.717) is 12.0 Å². The molecule has 1 rings (SSSR count). The highest BCUT2D eigenvalue weighted by Gasteiger charge is 2.02. The zero-order chi connectivity index (χ0) is 14.8. The van der Waals surface area contributed by atoms with E-state index in [1.165, 1.54) is 0 Å². The second-order valence-electron chi connectivity index (χ2n) is 5.15. The van der Waals surface area contributed by atoms with Crippen LogP contribution >= 0.6 is 0 Å². The molecular weight excluding hydrogens is 250 g/mol. The van der Waals surface area contributed by atoms with Gasteiger partial charge in [-0.3, -0.25) is 10.4 Å². The molecule has 5 nitrogen and oxygen atoms in total. The van der Waals surface area contributed by atoms with Crippen LogP contribution in [0.5, 0.6) is 0 Å². The molecule has 112 valence electrons. The van der Waals surface area contributed by atoms with Gasteiger partial charge in [-0.2, -0.15) is 0 Å². The minimum atomic E-state index is 0.597. The molecule has 4 N–H and O–H groups in total. The predicted molar refractivity (Wildman–Crippen MR) is 86.7 cm³/mol. The van der Waals surface area contributed by atoms with E-state index >= 15 is 0 Å². The molecule has 1 aromatic carbocycles. The minimum Gasteiger partial charge on any atom is -0.325 e. The van der Waals surface area contributed by atoms with E-state index in [4.69, 9.17) is 5.84 Å². The first kappa shape index (κ1) is 16.5. The zero-order valence-electron chi connectivity index (χ0n) is 12.8. The Kier molecular flexibility index (Phi) is 7.69. The predicted octanol–water partition coefficient (Wildman–Crippen LogP) is 2.04. The summed E-state index contributed by atoms with van der Waals surface area (Å²) in [6.07, 6.45) is 2.19. The Balaban J connectivity index is 2.28. The van der Waals surface area contributed by atoms with E-state index in [1.54, 1.807) is 0 Å². The first-order chi connectivity index (χ1) is 9.63. The number of nitrogens with zero attached hydrogens (tertiary/aromatic N) is 2. The van der Waals surface area contributed by atoms with E-state index in [2.05, 4.69) is 41.5 Å². The number of hydrogen-bond donors (Lipinski definition) is 3. The SMILES string of the molecule is CC(C)N(C)CCCCN=C(NN)Nc1ccccc1. The van der Waals surface area contributed by atoms with Crippen molar-refractivity contribution in [1.29, 1.82) is 0 Å². The normalized spacial score (nSPS) is 12.0. The number of benzene rings is 1. The van der Waals surface area contributed by atoms with Crippen molar-refractivity contribution in [2.75, 3.05) is 25.5 Å². The topological polar surface area (TPSA) is 65.7 Å². The number of rotatable bonds is 7. The maximum atomic E-state index is 5.47. The van der Waals surface area contributed by atoms with Gasteiger partial charge in [-0.25, -0.2) is 5.84 Å². The molecule has 0 saturated heterocycles. The number of anilines is 1. The molecule has 5 heteroatoms. The fourth-order valence-corrected chi connectivity index (χ4v) is 1.70. The molecular formula is C15H27N5. The molecule has 0 aliphatic heterocycles. The number of guanidine groups is 1. The van der Waals surface area contributed by atoms with Crippen LogP contribution in [0.4, 0.5) is 5.69 Å². The van der Waals surface area contributed by atoms with Gasteiger partial charge in [0.2, 0.25) is 5.96 Å². The highest BCUT2D eigenvalue weighted by atomic mass is 15.3. The summed E-state index contributed by atoms with van der Waals surface area (Å²) < 4.78 is 0. The second-order valence-corrected chi connectivity index (χ2v) is 5.15. The average molecular weight is 277 g/mol. The summed E-state index contributed by atoms with van der Waals surface area (Å²) in [7, 11) is 2.15. The van der Waals surface area contributed by atoms with Gasteiger partial charge in [-0.1, -0.05) is 18.2 Å². The largest absolute Gasteiger partial charge is 0.325 e. The minimum absolute atomic E-state index is 0.597. The lowest BCUT2D eigenvalue weighted by Crippen LogP contribution is -2.36. The van der Waals surface area contributed by atoms with Crippen LogP contribution < -0.4 is 16.6 Å². The van der Waals surface area contributed by atoms with E-state index in [9.17, 15) is 0 Å². The number of unbranched alkanes of at least 4 members (excludes halogenated alkanes) is 1. The maximum Gasteiger partial charge on any atom is 0.210 e. The Labute approximate surface area is 122 Å². The summed E-state index contributed by atoms with van der Waals surface area (Å²) in [5.41, 5.74) is 3.57. The maximum absolute atomic E-state index is 5.47. The standard InChI is InChI=1S/C15H27N5/c1-13(2)20(3)12-8-7-11-17-15(19-16)18-14-9-5-4-6-10-14/h4-6,9-10,13H,7-8,11-12,16H2,1-3H3,(H2,17,18,19). The van der Waals surface area contributed by atoms with Crippen molar-refractivity contribution in [3.8, 4) is 0 Å². The van der Waals surface area contributed by atoms with Crippen molar-refractivity contribution in [1.82, 2.24) is 10.3 Å². The van der Waals surface area contributed by atoms with E-state index in [1.807, 2.05) is 30.3 Å². The van der Waals surface area contributed by atoms with Crippen LogP contribution in [0.3, 0.4) is 0 Å². The molecule has 0 saturated carbocycles. The van der Waals surface area contributed by atoms with E-state index < -0.39 is 0 Å². The summed E-state index contributed by atoms with van der Waals surface area (Å²) in [4.78, 5) is 6.77. The molecule has 0 spiro atoms. The van der Waals surface area contributed by atoms with Gasteiger partial charge >= 0.3 is 0 Å². The van der Waals surface area contributed by atoms with Crippen LogP contribution in [0.2, 0.25) is 0 Å². The Morgan fingerprint density at radius 3 is 2.55 bits per heavy atom. The lowest BCUT2D eigenvalue weighted by atomic mass is 10.2. The van der Waals surface area contributed by atoms with Gasteiger partial charge in [0.15, 0.2) is 0 Å². The Morgan fingerprint density at radius 1 is 1.25 bits per heavy atom. The first-order valence-electron chi connectivity index (χ1n) is 7.17. The molecule has 1 aromatic rings. The zero-order valence-corrected chi connectivity index (χ0v) is 12.8. The lowest BCUT2D eigenvalue weighted by Gasteiger charge is -2.20. The van der Waals surface area contributed by atoms with Crippen LogP contribution in [0.15, 0.2) is 35.3 Å². The third-order valence-corrected chi connectivity index (χ3v) is 3.24. The average Bonchev–Trinajstić information content (AvgIpc) is 2.46. The van der Waals surface area contributed by atoms with E-state index in [-0.39, 0.29) is 0 Å². The van der Waals surface area contributed by atoms with Crippen LogP contribution in [0.1, 0.15) is 26.7 Å². The number of nitrogens with one attached hydrogen (secondary N) is 2. The molecule has 0 atom stereocenters. The summed E-state index contributed by atoms with van der Waals surface area (Å²) in [6, 6.07) is 10.5. The molecule has 20 heavy (non-hydrogen) atoms. The molecule has 0 aromatic heterocycles. The molecule has 0 fully saturated rings. The smallest absolute Gasteiger partial charge is 0.210 e. The third-order valence-electron chi connectivity index (χ3n) is 3.24. The van der Waals surface area contributed by atoms with E-state index in [0.717, 1.165) is 31.6 Å². The van der Waals surface area contributed by atoms with Gasteiger partial charge in [0.1, 0.15) is 0 Å².